The number of carbonyl (C=O) groups is 2. The van der Waals surface area contributed by atoms with Gasteiger partial charge < -0.3 is 16.0 Å². The maximum Gasteiger partial charge on any atom is 0.238 e. The van der Waals surface area contributed by atoms with Crippen molar-refractivity contribution < 1.29 is 14.0 Å². The molecule has 7 heteroatoms. The molecule has 2 amide bonds. The van der Waals surface area contributed by atoms with Crippen molar-refractivity contribution in [2.45, 2.75) is 0 Å². The van der Waals surface area contributed by atoms with E-state index in [4.69, 9.17) is 5.73 Å². The number of amides is 2. The number of nitrogen functional groups attached to an aromatic ring is 1. The van der Waals surface area contributed by atoms with E-state index in [1.807, 2.05) is 0 Å². The zero-order chi connectivity index (χ0) is 14.7. The molecule has 1 aliphatic rings. The van der Waals surface area contributed by atoms with Crippen molar-refractivity contribution in [3.8, 4) is 0 Å². The number of hydrogen-bond acceptors (Lipinski definition) is 4. The van der Waals surface area contributed by atoms with Crippen molar-refractivity contribution >= 4 is 23.2 Å². The highest BCUT2D eigenvalue weighted by Crippen LogP contribution is 2.19. The van der Waals surface area contributed by atoms with E-state index >= 15 is 0 Å². The van der Waals surface area contributed by atoms with E-state index in [1.54, 1.807) is 16.8 Å². The molecule has 0 saturated carbocycles. The Bertz CT molecular complexity index is 535. The highest BCUT2D eigenvalue weighted by molar-refractivity contribution is 5.95. The van der Waals surface area contributed by atoms with Gasteiger partial charge >= 0.3 is 0 Å². The summed E-state index contributed by atoms with van der Waals surface area (Å²) in [6.07, 6.45) is 0. The molecule has 0 unspecified atom stereocenters. The minimum absolute atomic E-state index is 0.0191. The first-order chi connectivity index (χ1) is 9.45. The molecule has 0 radical (unpaired) electrons. The van der Waals surface area contributed by atoms with Crippen LogP contribution >= 0.6 is 0 Å². The second kappa shape index (κ2) is 5.87. The lowest BCUT2D eigenvalue weighted by atomic mass is 10.2. The summed E-state index contributed by atoms with van der Waals surface area (Å²) in [6.45, 7) is 1.51. The van der Waals surface area contributed by atoms with Gasteiger partial charge in [0.25, 0.3) is 0 Å². The molecule has 1 aromatic rings. The fourth-order valence-corrected chi connectivity index (χ4v) is 1.97. The van der Waals surface area contributed by atoms with Crippen molar-refractivity contribution in [2.75, 3.05) is 44.3 Å². The molecule has 0 spiro atoms. The van der Waals surface area contributed by atoms with Gasteiger partial charge in [0.15, 0.2) is 0 Å². The summed E-state index contributed by atoms with van der Waals surface area (Å²) in [6, 6.07) is 3.79. The number of nitrogens with two attached hydrogens (primary N) is 1. The Morgan fingerprint density at radius 1 is 1.45 bits per heavy atom. The predicted octanol–water partition coefficient (Wildman–Crippen LogP) is 0.120. The number of nitrogens with one attached hydrogen (secondary N) is 1. The monoisotopic (exact) mass is 280 g/mol. The summed E-state index contributed by atoms with van der Waals surface area (Å²) >= 11 is 0. The lowest BCUT2D eigenvalue weighted by Crippen LogP contribution is -2.50. The summed E-state index contributed by atoms with van der Waals surface area (Å²) < 4.78 is 13.1. The van der Waals surface area contributed by atoms with Crippen molar-refractivity contribution in [1.82, 2.24) is 9.80 Å². The molecular formula is C13H17FN4O2. The zero-order valence-corrected chi connectivity index (χ0v) is 11.2. The first-order valence-electron chi connectivity index (χ1n) is 6.27. The molecular weight excluding hydrogens is 263 g/mol. The number of benzene rings is 1. The summed E-state index contributed by atoms with van der Waals surface area (Å²) in [4.78, 5) is 26.8. The van der Waals surface area contributed by atoms with Gasteiger partial charge in [-0.25, -0.2) is 4.39 Å². The molecule has 20 heavy (non-hydrogen) atoms. The van der Waals surface area contributed by atoms with Crippen molar-refractivity contribution in [2.24, 2.45) is 0 Å². The normalized spacial score (nSPS) is 16.3. The largest absolute Gasteiger partial charge is 0.397 e. The highest BCUT2D eigenvalue weighted by Gasteiger charge is 2.22. The molecule has 1 aromatic carbocycles. The molecule has 1 saturated heterocycles. The lowest BCUT2D eigenvalue weighted by molar-refractivity contribution is -0.135. The molecule has 0 aliphatic carbocycles. The second-order valence-corrected chi connectivity index (χ2v) is 4.81. The second-order valence-electron chi connectivity index (χ2n) is 4.81. The maximum atomic E-state index is 13.1. The molecule has 0 bridgehead atoms. The Labute approximate surface area is 116 Å². The third-order valence-corrected chi connectivity index (χ3v) is 3.19. The minimum atomic E-state index is -0.468. The Balaban J connectivity index is 1.92. The Morgan fingerprint density at radius 3 is 2.90 bits per heavy atom. The standard InChI is InChI=1S/C13H17FN4O2/c1-17-4-5-18(8-13(17)20)7-12(19)16-11-6-9(14)2-3-10(11)15/h2-3,6H,4-5,7-8,15H2,1H3,(H,16,19). The third-order valence-electron chi connectivity index (χ3n) is 3.19. The summed E-state index contributed by atoms with van der Waals surface area (Å²) in [7, 11) is 1.73. The van der Waals surface area contributed by atoms with Gasteiger partial charge in [-0.1, -0.05) is 0 Å². The summed E-state index contributed by atoms with van der Waals surface area (Å²) in [5.41, 5.74) is 6.20. The van der Waals surface area contributed by atoms with Gasteiger partial charge in [-0.05, 0) is 18.2 Å². The van der Waals surface area contributed by atoms with E-state index in [0.29, 0.717) is 18.8 Å². The van der Waals surface area contributed by atoms with Crippen molar-refractivity contribution in [1.29, 1.82) is 0 Å². The predicted molar refractivity (Wildman–Crippen MR) is 73.5 cm³/mol. The number of anilines is 2. The van der Waals surface area contributed by atoms with Crippen LogP contribution in [0.4, 0.5) is 15.8 Å². The average Bonchev–Trinajstić information content (AvgIpc) is 2.38. The van der Waals surface area contributed by atoms with Crippen LogP contribution in [0, 0.1) is 5.82 Å². The quantitative estimate of drug-likeness (QED) is 0.771. The molecule has 2 rings (SSSR count). The van der Waals surface area contributed by atoms with Gasteiger partial charge in [0, 0.05) is 20.1 Å². The van der Waals surface area contributed by atoms with Crippen LogP contribution < -0.4 is 11.1 Å². The van der Waals surface area contributed by atoms with E-state index in [-0.39, 0.29) is 30.6 Å². The van der Waals surface area contributed by atoms with Gasteiger partial charge in [0.1, 0.15) is 5.82 Å². The molecule has 0 atom stereocenters. The van der Waals surface area contributed by atoms with Gasteiger partial charge in [-0.2, -0.15) is 0 Å². The number of piperazine rings is 1. The Hall–Kier alpha value is -2.15. The number of halogens is 1. The third kappa shape index (κ3) is 3.45. The van der Waals surface area contributed by atoms with Crippen LogP contribution in [0.15, 0.2) is 18.2 Å². The molecule has 1 fully saturated rings. The Morgan fingerprint density at radius 2 is 2.20 bits per heavy atom. The van der Waals surface area contributed by atoms with Gasteiger partial charge in [0.05, 0.1) is 24.5 Å². The average molecular weight is 280 g/mol. The van der Waals surface area contributed by atoms with Crippen LogP contribution in [0.1, 0.15) is 0 Å². The van der Waals surface area contributed by atoms with E-state index in [9.17, 15) is 14.0 Å². The van der Waals surface area contributed by atoms with Gasteiger partial charge in [-0.3, -0.25) is 14.5 Å². The molecule has 1 heterocycles. The van der Waals surface area contributed by atoms with Crippen LogP contribution in [-0.2, 0) is 9.59 Å². The van der Waals surface area contributed by atoms with E-state index < -0.39 is 5.82 Å². The first kappa shape index (κ1) is 14.3. The number of carbonyl (C=O) groups excluding carboxylic acids is 2. The number of rotatable bonds is 3. The number of nitrogens with zero attached hydrogens (tertiary/aromatic N) is 2. The van der Waals surface area contributed by atoms with Crippen LogP contribution in [0.2, 0.25) is 0 Å². The first-order valence-corrected chi connectivity index (χ1v) is 6.27. The molecule has 1 aliphatic heterocycles. The molecule has 108 valence electrons. The fourth-order valence-electron chi connectivity index (χ4n) is 1.97. The van der Waals surface area contributed by atoms with E-state index in [0.717, 1.165) is 0 Å². The Kier molecular flexibility index (Phi) is 4.19. The van der Waals surface area contributed by atoms with E-state index in [1.165, 1.54) is 18.2 Å². The van der Waals surface area contributed by atoms with Crippen LogP contribution in [0.3, 0.4) is 0 Å². The van der Waals surface area contributed by atoms with Gasteiger partial charge in [-0.15, -0.1) is 0 Å². The lowest BCUT2D eigenvalue weighted by Gasteiger charge is -2.31. The molecule has 0 aromatic heterocycles. The minimum Gasteiger partial charge on any atom is -0.397 e. The number of hydrogen-bond donors (Lipinski definition) is 2. The van der Waals surface area contributed by atoms with Crippen molar-refractivity contribution in [3.05, 3.63) is 24.0 Å². The fraction of sp³-hybridized carbons (Fsp3) is 0.385. The SMILES string of the molecule is CN1CCN(CC(=O)Nc2cc(F)ccc2N)CC1=O. The van der Waals surface area contributed by atoms with Crippen LogP contribution in [0.5, 0.6) is 0 Å². The highest BCUT2D eigenvalue weighted by atomic mass is 19.1. The molecule has 6 nitrogen and oxygen atoms in total. The van der Waals surface area contributed by atoms with Crippen molar-refractivity contribution in [3.63, 3.8) is 0 Å². The van der Waals surface area contributed by atoms with Gasteiger partial charge in [0.2, 0.25) is 11.8 Å². The summed E-state index contributed by atoms with van der Waals surface area (Å²) in [5.74, 6) is -0.807. The summed E-state index contributed by atoms with van der Waals surface area (Å²) in [5, 5.41) is 2.55. The zero-order valence-electron chi connectivity index (χ0n) is 11.2. The topological polar surface area (TPSA) is 78.7 Å². The molecule has 3 N–H and O–H groups in total. The van der Waals surface area contributed by atoms with Crippen LogP contribution in [-0.4, -0.2) is 54.8 Å². The van der Waals surface area contributed by atoms with Crippen LogP contribution in [0.25, 0.3) is 0 Å². The maximum absolute atomic E-state index is 13.1. The smallest absolute Gasteiger partial charge is 0.238 e. The van der Waals surface area contributed by atoms with E-state index in [2.05, 4.69) is 5.32 Å². The number of likely N-dealkylation sites (N-methyl/N-ethyl adjacent to an activating group) is 1.